The summed E-state index contributed by atoms with van der Waals surface area (Å²) >= 11 is 0. The van der Waals surface area contributed by atoms with Crippen molar-refractivity contribution in [3.05, 3.63) is 0 Å². The zero-order valence-corrected chi connectivity index (χ0v) is 10.2. The smallest absolute Gasteiger partial charge is 0.245 e. The molecule has 16 heavy (non-hydrogen) atoms. The first-order valence-corrected chi connectivity index (χ1v) is 6.07. The zero-order valence-electron chi connectivity index (χ0n) is 10.2. The lowest BCUT2D eigenvalue weighted by atomic mass is 9.97. The molecule has 2 fully saturated rings. The molecule has 0 bridgehead atoms. The van der Waals surface area contributed by atoms with Crippen LogP contribution in [0, 0.1) is 11.8 Å². The van der Waals surface area contributed by atoms with Crippen LogP contribution >= 0.6 is 0 Å². The molecule has 0 aromatic carbocycles. The van der Waals surface area contributed by atoms with Crippen LogP contribution in [0.4, 0.5) is 0 Å². The first kappa shape index (κ1) is 11.4. The maximum atomic E-state index is 12.1. The van der Waals surface area contributed by atoms with Crippen molar-refractivity contribution in [2.24, 2.45) is 11.8 Å². The van der Waals surface area contributed by atoms with E-state index in [0.29, 0.717) is 11.8 Å². The highest BCUT2D eigenvalue weighted by Crippen LogP contribution is 2.35. The van der Waals surface area contributed by atoms with Crippen LogP contribution in [0.25, 0.3) is 0 Å². The fraction of sp³-hybridized carbons (Fsp3) is 0.833. The minimum atomic E-state index is -0.275. The Morgan fingerprint density at radius 1 is 1.38 bits per heavy atom. The quantitative estimate of drug-likeness (QED) is 0.769. The minimum Gasteiger partial charge on any atom is -0.342 e. The van der Waals surface area contributed by atoms with Gasteiger partial charge in [0.05, 0.1) is 0 Å². The Morgan fingerprint density at radius 2 is 2.00 bits per heavy atom. The normalized spacial score (nSPS) is 30.9. The standard InChI is InChI=1S/C12H20N2O2/c1-7(2)6-9-11(15)13-10(8-4-5-8)12(16)14(9)3/h7-10H,4-6H2,1-3H3,(H,13,15). The van der Waals surface area contributed by atoms with Crippen molar-refractivity contribution < 1.29 is 9.59 Å². The fourth-order valence-corrected chi connectivity index (χ4v) is 2.32. The number of carbonyl (C=O) groups excluding carboxylic acids is 2. The van der Waals surface area contributed by atoms with E-state index in [9.17, 15) is 9.59 Å². The molecule has 2 rings (SSSR count). The van der Waals surface area contributed by atoms with E-state index in [1.54, 1.807) is 11.9 Å². The average molecular weight is 224 g/mol. The van der Waals surface area contributed by atoms with Gasteiger partial charge >= 0.3 is 0 Å². The highest BCUT2D eigenvalue weighted by atomic mass is 16.2. The van der Waals surface area contributed by atoms with Gasteiger partial charge < -0.3 is 10.2 Å². The van der Waals surface area contributed by atoms with Crippen LogP contribution in [0.2, 0.25) is 0 Å². The van der Waals surface area contributed by atoms with Gasteiger partial charge in [0.1, 0.15) is 12.1 Å². The van der Waals surface area contributed by atoms with Crippen molar-refractivity contribution in [2.45, 2.75) is 45.2 Å². The van der Waals surface area contributed by atoms with Crippen LogP contribution in [0.3, 0.4) is 0 Å². The van der Waals surface area contributed by atoms with Gasteiger partial charge in [-0.25, -0.2) is 0 Å². The Kier molecular flexibility index (Phi) is 2.91. The topological polar surface area (TPSA) is 49.4 Å². The lowest BCUT2D eigenvalue weighted by Crippen LogP contribution is -2.62. The SMILES string of the molecule is CC(C)CC1C(=O)NC(C2CC2)C(=O)N1C. The monoisotopic (exact) mass is 224 g/mol. The van der Waals surface area contributed by atoms with E-state index < -0.39 is 0 Å². The number of rotatable bonds is 3. The second-order valence-electron chi connectivity index (χ2n) is 5.42. The van der Waals surface area contributed by atoms with E-state index in [1.807, 2.05) is 0 Å². The number of nitrogens with one attached hydrogen (secondary N) is 1. The van der Waals surface area contributed by atoms with Gasteiger partial charge in [0.2, 0.25) is 11.8 Å². The molecular formula is C12H20N2O2. The second-order valence-corrected chi connectivity index (χ2v) is 5.42. The van der Waals surface area contributed by atoms with E-state index in [-0.39, 0.29) is 23.9 Å². The molecule has 4 nitrogen and oxygen atoms in total. The summed E-state index contributed by atoms with van der Waals surface area (Å²) in [7, 11) is 1.75. The molecule has 1 aliphatic heterocycles. The molecule has 90 valence electrons. The van der Waals surface area contributed by atoms with Gasteiger partial charge in [-0.2, -0.15) is 0 Å². The highest BCUT2D eigenvalue weighted by Gasteiger charge is 2.45. The van der Waals surface area contributed by atoms with Crippen LogP contribution in [-0.2, 0) is 9.59 Å². The predicted octanol–water partition coefficient (Wildman–Crippen LogP) is 0.768. The average Bonchev–Trinajstić information content (AvgIpc) is 3.01. The molecule has 1 N–H and O–H groups in total. The molecule has 1 saturated heterocycles. The summed E-state index contributed by atoms with van der Waals surface area (Å²) in [5, 5.41) is 2.88. The molecule has 0 spiro atoms. The Hall–Kier alpha value is -1.06. The van der Waals surface area contributed by atoms with Crippen molar-refractivity contribution in [2.75, 3.05) is 7.05 Å². The lowest BCUT2D eigenvalue weighted by Gasteiger charge is -2.37. The molecule has 2 unspecified atom stereocenters. The van der Waals surface area contributed by atoms with Gasteiger partial charge in [-0.1, -0.05) is 13.8 Å². The van der Waals surface area contributed by atoms with E-state index in [4.69, 9.17) is 0 Å². The number of hydrogen-bond acceptors (Lipinski definition) is 2. The Balaban J connectivity index is 2.07. The van der Waals surface area contributed by atoms with Crippen LogP contribution in [0.15, 0.2) is 0 Å². The number of likely N-dealkylation sites (N-methyl/N-ethyl adjacent to an activating group) is 1. The van der Waals surface area contributed by atoms with Crippen LogP contribution in [-0.4, -0.2) is 35.8 Å². The summed E-state index contributed by atoms with van der Waals surface area (Å²) in [6.07, 6.45) is 2.88. The van der Waals surface area contributed by atoms with E-state index in [1.165, 1.54) is 0 Å². The van der Waals surface area contributed by atoms with Gasteiger partial charge in [0, 0.05) is 7.05 Å². The van der Waals surface area contributed by atoms with Gasteiger partial charge in [-0.3, -0.25) is 9.59 Å². The maximum absolute atomic E-state index is 12.1. The number of nitrogens with zero attached hydrogens (tertiary/aromatic N) is 1. The molecule has 2 atom stereocenters. The van der Waals surface area contributed by atoms with Crippen molar-refractivity contribution in [3.63, 3.8) is 0 Å². The molecule has 1 aliphatic carbocycles. The molecule has 1 heterocycles. The van der Waals surface area contributed by atoms with Crippen LogP contribution < -0.4 is 5.32 Å². The summed E-state index contributed by atoms with van der Waals surface area (Å²) in [6, 6.07) is -0.525. The fourth-order valence-electron chi connectivity index (χ4n) is 2.32. The molecule has 0 radical (unpaired) electrons. The number of hydrogen-bond donors (Lipinski definition) is 1. The summed E-state index contributed by atoms with van der Waals surface area (Å²) < 4.78 is 0. The number of piperazine rings is 1. The minimum absolute atomic E-state index is 0.0210. The third-order valence-electron chi connectivity index (χ3n) is 3.47. The van der Waals surface area contributed by atoms with Crippen molar-refractivity contribution in [3.8, 4) is 0 Å². The van der Waals surface area contributed by atoms with E-state index in [2.05, 4.69) is 19.2 Å². The first-order valence-electron chi connectivity index (χ1n) is 6.07. The molecule has 2 aliphatic rings. The summed E-state index contributed by atoms with van der Waals surface area (Å²) in [4.78, 5) is 25.6. The molecule has 4 heteroatoms. The predicted molar refractivity (Wildman–Crippen MR) is 60.7 cm³/mol. The third kappa shape index (κ3) is 2.06. The van der Waals surface area contributed by atoms with Crippen molar-refractivity contribution in [1.29, 1.82) is 0 Å². The molecule has 0 aromatic heterocycles. The Morgan fingerprint density at radius 3 is 2.50 bits per heavy atom. The third-order valence-corrected chi connectivity index (χ3v) is 3.47. The molecule has 1 saturated carbocycles. The highest BCUT2D eigenvalue weighted by molar-refractivity contribution is 5.97. The van der Waals surface area contributed by atoms with Gasteiger partial charge in [-0.05, 0) is 31.1 Å². The lowest BCUT2D eigenvalue weighted by molar-refractivity contribution is -0.148. The van der Waals surface area contributed by atoms with Gasteiger partial charge in [0.25, 0.3) is 0 Å². The Labute approximate surface area is 96.4 Å². The van der Waals surface area contributed by atoms with Gasteiger partial charge in [0.15, 0.2) is 0 Å². The zero-order chi connectivity index (χ0) is 11.9. The van der Waals surface area contributed by atoms with Crippen LogP contribution in [0.5, 0.6) is 0 Å². The van der Waals surface area contributed by atoms with E-state index in [0.717, 1.165) is 19.3 Å². The van der Waals surface area contributed by atoms with Crippen molar-refractivity contribution >= 4 is 11.8 Å². The first-order chi connectivity index (χ1) is 7.50. The van der Waals surface area contributed by atoms with Crippen molar-refractivity contribution in [1.82, 2.24) is 10.2 Å². The molecule has 0 aromatic rings. The number of carbonyl (C=O) groups is 2. The summed E-state index contributed by atoms with van der Waals surface area (Å²) in [5.74, 6) is 0.919. The van der Waals surface area contributed by atoms with Crippen LogP contribution in [0.1, 0.15) is 33.1 Å². The maximum Gasteiger partial charge on any atom is 0.245 e. The largest absolute Gasteiger partial charge is 0.342 e. The number of amides is 2. The summed E-state index contributed by atoms with van der Waals surface area (Å²) in [5.41, 5.74) is 0. The second kappa shape index (κ2) is 4.07. The molecule has 2 amide bonds. The Bertz CT molecular complexity index is 310. The summed E-state index contributed by atoms with van der Waals surface area (Å²) in [6.45, 7) is 4.14. The van der Waals surface area contributed by atoms with E-state index >= 15 is 0 Å². The molecular weight excluding hydrogens is 204 g/mol. The van der Waals surface area contributed by atoms with Gasteiger partial charge in [-0.15, -0.1) is 0 Å².